The number of rotatable bonds is 9. The average molecular weight is 571 g/mol. The number of benzene rings is 2. The zero-order valence-corrected chi connectivity index (χ0v) is 24.7. The number of ether oxygens (including phenoxy) is 1. The molecule has 3 heterocycles. The lowest BCUT2D eigenvalue weighted by atomic mass is 9.94. The third kappa shape index (κ3) is 5.45. The number of anilines is 1. The topological polar surface area (TPSA) is 101 Å². The fourth-order valence-corrected chi connectivity index (χ4v) is 6.35. The molecule has 2 aromatic heterocycles. The molecule has 0 unspecified atom stereocenters. The second kappa shape index (κ2) is 11.4. The predicted molar refractivity (Wildman–Crippen MR) is 166 cm³/mol. The lowest BCUT2D eigenvalue weighted by Crippen LogP contribution is -2.31. The van der Waals surface area contributed by atoms with Crippen LogP contribution >= 0.6 is 0 Å². The van der Waals surface area contributed by atoms with Crippen LogP contribution in [0.3, 0.4) is 0 Å². The van der Waals surface area contributed by atoms with Crippen molar-refractivity contribution < 1.29 is 14.2 Å². The summed E-state index contributed by atoms with van der Waals surface area (Å²) in [6, 6.07) is 8.69. The van der Waals surface area contributed by atoms with E-state index in [0.29, 0.717) is 47.1 Å². The maximum absolute atomic E-state index is 15.0. The zero-order valence-electron chi connectivity index (χ0n) is 24.7. The fraction of sp³-hybridized carbons (Fsp3) is 0.424. The third-order valence-corrected chi connectivity index (χ3v) is 8.48. The third-order valence-electron chi connectivity index (χ3n) is 8.48. The molecule has 42 heavy (non-hydrogen) atoms. The van der Waals surface area contributed by atoms with E-state index in [-0.39, 0.29) is 17.0 Å². The number of phenols is 1. The Morgan fingerprint density at radius 1 is 1.07 bits per heavy atom. The number of halogens is 1. The zero-order chi connectivity index (χ0) is 29.4. The minimum absolute atomic E-state index is 0.0836. The van der Waals surface area contributed by atoms with Crippen LogP contribution in [-0.4, -0.2) is 65.3 Å². The highest BCUT2D eigenvalue weighted by atomic mass is 19.1. The molecule has 4 aromatic rings. The van der Waals surface area contributed by atoms with Crippen molar-refractivity contribution in [1.29, 1.82) is 0 Å². The summed E-state index contributed by atoms with van der Waals surface area (Å²) >= 11 is 0. The van der Waals surface area contributed by atoms with E-state index >= 15 is 0 Å². The van der Waals surface area contributed by atoms with Gasteiger partial charge < -0.3 is 25.4 Å². The molecule has 220 valence electrons. The Bertz CT molecular complexity index is 1660. The summed E-state index contributed by atoms with van der Waals surface area (Å²) in [7, 11) is 4.17. The molecule has 1 saturated heterocycles. The van der Waals surface area contributed by atoms with Crippen LogP contribution in [0.1, 0.15) is 50.3 Å². The lowest BCUT2D eigenvalue weighted by molar-refractivity contribution is 0.183. The summed E-state index contributed by atoms with van der Waals surface area (Å²) in [6.45, 7) is 5.22. The van der Waals surface area contributed by atoms with Gasteiger partial charge in [-0.25, -0.2) is 9.37 Å². The van der Waals surface area contributed by atoms with Crippen molar-refractivity contribution >= 4 is 33.6 Å². The van der Waals surface area contributed by atoms with Crippen LogP contribution < -0.4 is 15.4 Å². The number of fused-ring (bicyclic) bond motifs is 2. The number of aromatic nitrogens is 3. The second-order valence-electron chi connectivity index (χ2n) is 12.0. The van der Waals surface area contributed by atoms with Crippen molar-refractivity contribution in [1.82, 2.24) is 19.9 Å². The first kappa shape index (κ1) is 28.2. The molecule has 1 aliphatic heterocycles. The first-order chi connectivity index (χ1) is 20.3. The van der Waals surface area contributed by atoms with Crippen LogP contribution in [0, 0.1) is 11.2 Å². The van der Waals surface area contributed by atoms with Crippen molar-refractivity contribution in [3.8, 4) is 23.0 Å². The molecule has 3 N–H and O–H groups in total. The SMILES string of the molecule is CCc1c(F)ccc2cc(O)cc(-c3cc4nc(OCC5(CN(C)C)CC5)nc(N5CCCCC5)c4c(/C=C\N)n3)c12. The van der Waals surface area contributed by atoms with Gasteiger partial charge in [-0.05, 0) is 105 Å². The molecule has 2 fully saturated rings. The first-order valence-electron chi connectivity index (χ1n) is 14.9. The van der Waals surface area contributed by atoms with Gasteiger partial charge in [0.1, 0.15) is 17.4 Å². The minimum Gasteiger partial charge on any atom is -0.508 e. The van der Waals surface area contributed by atoms with Gasteiger partial charge in [0, 0.05) is 30.6 Å². The lowest BCUT2D eigenvalue weighted by Gasteiger charge is -2.29. The van der Waals surface area contributed by atoms with Crippen molar-refractivity contribution in [2.75, 3.05) is 45.2 Å². The standard InChI is InChI=1S/C33H39FN6O2/c1-4-23-25(34)9-8-21-16-22(41)17-24(29(21)23)27-18-28-30(26(36-27)10-13-35)31(40-14-6-5-7-15-40)38-32(37-28)42-20-33(11-12-33)19-39(2)3/h8-10,13,16-18,41H,4-7,11-12,14-15,19-20,35H2,1-3H3/b13-10-. The van der Waals surface area contributed by atoms with Crippen molar-refractivity contribution in [3.05, 3.63) is 53.6 Å². The summed E-state index contributed by atoms with van der Waals surface area (Å²) in [6.07, 6.45) is 9.32. The molecule has 0 amide bonds. The van der Waals surface area contributed by atoms with Gasteiger partial charge in [0.25, 0.3) is 0 Å². The molecule has 0 spiro atoms. The summed E-state index contributed by atoms with van der Waals surface area (Å²) in [5.74, 6) is 0.595. The highest BCUT2D eigenvalue weighted by Crippen LogP contribution is 2.46. The Morgan fingerprint density at radius 3 is 2.55 bits per heavy atom. The molecule has 2 aromatic carbocycles. The summed E-state index contributed by atoms with van der Waals surface area (Å²) < 4.78 is 21.3. The largest absolute Gasteiger partial charge is 0.508 e. The molecule has 0 radical (unpaired) electrons. The Morgan fingerprint density at radius 2 is 1.86 bits per heavy atom. The van der Waals surface area contributed by atoms with E-state index in [2.05, 4.69) is 23.9 Å². The van der Waals surface area contributed by atoms with Crippen LogP contribution in [0.2, 0.25) is 0 Å². The summed E-state index contributed by atoms with van der Waals surface area (Å²) in [5.41, 5.74) is 9.13. The number of hydrogen-bond acceptors (Lipinski definition) is 8. The number of nitrogens with zero attached hydrogens (tertiary/aromatic N) is 5. The molecule has 2 aliphatic rings. The van der Waals surface area contributed by atoms with E-state index in [0.717, 1.165) is 67.3 Å². The Hall–Kier alpha value is -3.98. The number of hydrogen-bond donors (Lipinski definition) is 2. The smallest absolute Gasteiger partial charge is 0.318 e. The van der Waals surface area contributed by atoms with Crippen LogP contribution in [0.4, 0.5) is 10.2 Å². The summed E-state index contributed by atoms with van der Waals surface area (Å²) in [5, 5.41) is 12.9. The van der Waals surface area contributed by atoms with E-state index in [4.69, 9.17) is 25.4 Å². The molecule has 9 heteroatoms. The number of piperidine rings is 1. The van der Waals surface area contributed by atoms with E-state index < -0.39 is 0 Å². The summed E-state index contributed by atoms with van der Waals surface area (Å²) in [4.78, 5) is 19.4. The fourth-order valence-electron chi connectivity index (χ4n) is 6.35. The highest BCUT2D eigenvalue weighted by Gasteiger charge is 2.44. The maximum atomic E-state index is 15.0. The van der Waals surface area contributed by atoms with Gasteiger partial charge in [-0.3, -0.25) is 0 Å². The van der Waals surface area contributed by atoms with Gasteiger partial charge in [-0.1, -0.05) is 13.0 Å². The Labute approximate surface area is 246 Å². The van der Waals surface area contributed by atoms with Crippen LogP contribution in [0.5, 0.6) is 11.8 Å². The monoisotopic (exact) mass is 570 g/mol. The maximum Gasteiger partial charge on any atom is 0.318 e. The number of aromatic hydroxyl groups is 1. The van der Waals surface area contributed by atoms with E-state index in [1.807, 2.05) is 13.0 Å². The minimum atomic E-state index is -0.281. The second-order valence-corrected chi connectivity index (χ2v) is 12.0. The quantitative estimate of drug-likeness (QED) is 0.257. The van der Waals surface area contributed by atoms with Crippen LogP contribution in [-0.2, 0) is 6.42 Å². The number of pyridine rings is 1. The van der Waals surface area contributed by atoms with Crippen LogP contribution in [0.15, 0.2) is 36.5 Å². The van der Waals surface area contributed by atoms with Gasteiger partial charge >= 0.3 is 6.01 Å². The molecular formula is C33H39FN6O2. The van der Waals surface area contributed by atoms with Crippen molar-refractivity contribution in [3.63, 3.8) is 0 Å². The molecular weight excluding hydrogens is 531 g/mol. The average Bonchev–Trinajstić information content (AvgIpc) is 3.74. The number of phenolic OH excluding ortho intramolecular Hbond substituents is 1. The van der Waals surface area contributed by atoms with E-state index in [1.165, 1.54) is 18.7 Å². The van der Waals surface area contributed by atoms with Gasteiger partial charge in [0.15, 0.2) is 0 Å². The van der Waals surface area contributed by atoms with E-state index in [9.17, 15) is 9.50 Å². The van der Waals surface area contributed by atoms with Gasteiger partial charge in [0.05, 0.1) is 28.9 Å². The normalized spacial score (nSPS) is 16.6. The molecule has 0 bridgehead atoms. The predicted octanol–water partition coefficient (Wildman–Crippen LogP) is 5.89. The van der Waals surface area contributed by atoms with Gasteiger partial charge in [0.2, 0.25) is 0 Å². The Kier molecular flexibility index (Phi) is 7.62. The van der Waals surface area contributed by atoms with Gasteiger partial charge in [-0.2, -0.15) is 9.97 Å². The molecule has 1 saturated carbocycles. The first-order valence-corrected chi connectivity index (χ1v) is 14.9. The molecule has 8 nitrogen and oxygen atoms in total. The van der Waals surface area contributed by atoms with E-state index in [1.54, 1.807) is 24.3 Å². The molecule has 0 atom stereocenters. The number of aryl methyl sites for hydroxylation is 1. The molecule has 1 aliphatic carbocycles. The highest BCUT2D eigenvalue weighted by molar-refractivity contribution is 6.03. The van der Waals surface area contributed by atoms with Crippen molar-refractivity contribution in [2.24, 2.45) is 11.1 Å². The van der Waals surface area contributed by atoms with Gasteiger partial charge in [-0.15, -0.1) is 0 Å². The molecule has 6 rings (SSSR count). The Balaban J connectivity index is 1.55. The number of nitrogens with two attached hydrogens (primary N) is 1. The van der Waals surface area contributed by atoms with Crippen LogP contribution in [0.25, 0.3) is 39.0 Å². The van der Waals surface area contributed by atoms with Crippen molar-refractivity contribution in [2.45, 2.75) is 45.4 Å².